The molecular weight excluding hydrogens is 692 g/mol. The van der Waals surface area contributed by atoms with Crippen molar-refractivity contribution in [3.8, 4) is 17.2 Å². The van der Waals surface area contributed by atoms with E-state index in [0.717, 1.165) is 21.2 Å². The van der Waals surface area contributed by atoms with Gasteiger partial charge in [0.15, 0.2) is 16.3 Å². The molecule has 0 unspecified atom stereocenters. The van der Waals surface area contributed by atoms with Crippen LogP contribution in [-0.2, 0) is 22.6 Å². The minimum absolute atomic E-state index is 0.121. The summed E-state index contributed by atoms with van der Waals surface area (Å²) in [6, 6.07) is 18.5. The highest BCUT2D eigenvalue weighted by Gasteiger charge is 2.35. The minimum atomic E-state index is -0.790. The Morgan fingerprint density at radius 3 is 2.50 bits per heavy atom. The average molecular weight is 732 g/mol. The Kier molecular flexibility index (Phi) is 11.4. The van der Waals surface area contributed by atoms with Gasteiger partial charge in [-0.1, -0.05) is 63.7 Å². The van der Waals surface area contributed by atoms with Crippen molar-refractivity contribution in [3.05, 3.63) is 131 Å². The number of carbonyl (C=O) groups is 1. The molecule has 4 aromatic rings. The van der Waals surface area contributed by atoms with Gasteiger partial charge in [0.1, 0.15) is 18.4 Å². The van der Waals surface area contributed by atoms with E-state index in [9.17, 15) is 9.59 Å². The molecule has 8 nitrogen and oxygen atoms in total. The molecule has 0 spiro atoms. The second-order valence-electron chi connectivity index (χ2n) is 11.4. The average Bonchev–Trinajstić information content (AvgIpc) is 3.35. The van der Waals surface area contributed by atoms with E-state index in [1.807, 2.05) is 93.6 Å². The van der Waals surface area contributed by atoms with Crippen molar-refractivity contribution in [2.24, 2.45) is 4.99 Å². The number of aromatic nitrogens is 1. The molecule has 1 aliphatic heterocycles. The van der Waals surface area contributed by atoms with Crippen molar-refractivity contribution >= 4 is 39.3 Å². The van der Waals surface area contributed by atoms with Gasteiger partial charge in [0, 0.05) is 15.6 Å². The van der Waals surface area contributed by atoms with Gasteiger partial charge < -0.3 is 18.9 Å². The van der Waals surface area contributed by atoms with Crippen LogP contribution in [0.4, 0.5) is 0 Å². The van der Waals surface area contributed by atoms with Crippen molar-refractivity contribution in [2.45, 2.75) is 59.8 Å². The first kappa shape index (κ1) is 34.9. The van der Waals surface area contributed by atoms with Crippen LogP contribution in [-0.4, -0.2) is 29.9 Å². The third-order valence-corrected chi connectivity index (χ3v) is 9.02. The van der Waals surface area contributed by atoms with Gasteiger partial charge >= 0.3 is 5.97 Å². The zero-order chi connectivity index (χ0) is 34.4. The summed E-state index contributed by atoms with van der Waals surface area (Å²) in [5, 5.41) is 0. The van der Waals surface area contributed by atoms with E-state index in [1.165, 1.54) is 11.3 Å². The first-order chi connectivity index (χ1) is 23.1. The third-order valence-electron chi connectivity index (χ3n) is 7.51. The van der Waals surface area contributed by atoms with Crippen molar-refractivity contribution in [1.29, 1.82) is 0 Å². The minimum Gasteiger partial charge on any atom is -0.491 e. The van der Waals surface area contributed by atoms with E-state index < -0.39 is 12.0 Å². The first-order valence-corrected chi connectivity index (χ1v) is 17.5. The number of nitrogens with zero attached hydrogens (tertiary/aromatic N) is 2. The molecule has 0 bridgehead atoms. The molecule has 1 atom stereocenters. The number of benzene rings is 3. The predicted molar refractivity (Wildman–Crippen MR) is 193 cm³/mol. The standard InChI is InChI=1S/C38H39BrN2O6S/c1-7-12-27-19-26(20-31(44-8-2)35(27)46-22-25-15-17-28(39)18-16-25)21-32-36(42)41-34(29-13-10-11-14-30(29)47-23(4)5)33(37(43)45-9-3)24(6)40-38(41)48-32/h7,10-11,13-21,23,34H,1,8-9,12,22H2,2-6H3/b32-21+/t34-/m0/s1. The molecule has 0 aliphatic carbocycles. The fraction of sp³-hybridized carbons (Fsp3) is 0.289. The molecule has 1 aliphatic rings. The van der Waals surface area contributed by atoms with Crippen molar-refractivity contribution < 1.29 is 23.7 Å². The number of fused-ring (bicyclic) bond motifs is 1. The maximum Gasteiger partial charge on any atom is 0.338 e. The first-order valence-electron chi connectivity index (χ1n) is 15.9. The van der Waals surface area contributed by atoms with Gasteiger partial charge in [-0.15, -0.1) is 6.58 Å². The topological polar surface area (TPSA) is 88.4 Å². The lowest BCUT2D eigenvalue weighted by atomic mass is 9.95. The summed E-state index contributed by atoms with van der Waals surface area (Å²) in [6.45, 7) is 14.2. The normalized spacial score (nSPS) is 14.4. The number of rotatable bonds is 13. The maximum atomic E-state index is 14.3. The van der Waals surface area contributed by atoms with Crippen molar-refractivity contribution in [3.63, 3.8) is 0 Å². The molecule has 0 radical (unpaired) electrons. The molecule has 48 heavy (non-hydrogen) atoms. The fourth-order valence-electron chi connectivity index (χ4n) is 5.54. The Hall–Kier alpha value is -4.41. The third kappa shape index (κ3) is 7.66. The van der Waals surface area contributed by atoms with Gasteiger partial charge in [-0.25, -0.2) is 9.79 Å². The lowest BCUT2D eigenvalue weighted by Crippen LogP contribution is -2.40. The van der Waals surface area contributed by atoms with E-state index in [4.69, 9.17) is 23.9 Å². The van der Waals surface area contributed by atoms with Crippen molar-refractivity contribution in [1.82, 2.24) is 4.57 Å². The second kappa shape index (κ2) is 15.7. The molecular formula is C38H39BrN2O6S. The summed E-state index contributed by atoms with van der Waals surface area (Å²) in [7, 11) is 0. The zero-order valence-electron chi connectivity index (χ0n) is 27.7. The monoisotopic (exact) mass is 730 g/mol. The number of thiazole rings is 1. The summed E-state index contributed by atoms with van der Waals surface area (Å²) in [5.74, 6) is 1.27. The van der Waals surface area contributed by atoms with Gasteiger partial charge in [-0.05, 0) is 88.6 Å². The molecule has 0 N–H and O–H groups in total. The van der Waals surface area contributed by atoms with E-state index in [2.05, 4.69) is 22.5 Å². The number of halogens is 1. The molecule has 3 aromatic carbocycles. The highest BCUT2D eigenvalue weighted by Crippen LogP contribution is 2.37. The highest BCUT2D eigenvalue weighted by atomic mass is 79.9. The number of carbonyl (C=O) groups excluding carboxylic acids is 1. The van der Waals surface area contributed by atoms with Crippen LogP contribution in [0.15, 0.2) is 98.8 Å². The van der Waals surface area contributed by atoms with E-state index >= 15 is 0 Å². The number of hydrogen-bond acceptors (Lipinski definition) is 8. The Labute approximate surface area is 292 Å². The van der Waals surface area contributed by atoms with E-state index in [-0.39, 0.29) is 18.3 Å². The molecule has 2 heterocycles. The summed E-state index contributed by atoms with van der Waals surface area (Å²) in [6.07, 6.45) is 4.05. The van der Waals surface area contributed by atoms with Crippen LogP contribution in [0.1, 0.15) is 62.9 Å². The SMILES string of the molecule is C=CCc1cc(/C=c2/sc3n(c2=O)[C@@H](c2ccccc2OC(C)C)C(C(=O)OCC)=C(C)N=3)cc(OCC)c1OCc1ccc(Br)cc1. The largest absolute Gasteiger partial charge is 0.491 e. The highest BCUT2D eigenvalue weighted by molar-refractivity contribution is 9.10. The quantitative estimate of drug-likeness (QED) is 0.108. The van der Waals surface area contributed by atoms with Crippen LogP contribution >= 0.6 is 27.3 Å². The molecule has 0 fully saturated rings. The smallest absolute Gasteiger partial charge is 0.338 e. The summed E-state index contributed by atoms with van der Waals surface area (Å²) in [4.78, 5) is 32.9. The Balaban J connectivity index is 1.65. The van der Waals surface area contributed by atoms with Crippen LogP contribution in [0.25, 0.3) is 6.08 Å². The van der Waals surface area contributed by atoms with Crippen molar-refractivity contribution in [2.75, 3.05) is 13.2 Å². The van der Waals surface area contributed by atoms with Gasteiger partial charge in [0.2, 0.25) is 0 Å². The van der Waals surface area contributed by atoms with Gasteiger partial charge in [0.05, 0.1) is 35.1 Å². The lowest BCUT2D eigenvalue weighted by Gasteiger charge is -2.26. The number of ether oxygens (including phenoxy) is 4. The molecule has 0 saturated carbocycles. The van der Waals surface area contributed by atoms with Gasteiger partial charge in [0.25, 0.3) is 5.56 Å². The number of hydrogen-bond donors (Lipinski definition) is 0. The summed E-state index contributed by atoms with van der Waals surface area (Å²) in [5.41, 5.74) is 3.84. The summed E-state index contributed by atoms with van der Waals surface area (Å²) >= 11 is 4.74. The predicted octanol–water partition coefficient (Wildman–Crippen LogP) is 7.05. The van der Waals surface area contributed by atoms with Crippen LogP contribution in [0.5, 0.6) is 17.2 Å². The van der Waals surface area contributed by atoms with Gasteiger partial charge in [-0.3, -0.25) is 9.36 Å². The number of para-hydroxylation sites is 1. The molecule has 0 amide bonds. The Morgan fingerprint density at radius 2 is 1.81 bits per heavy atom. The fourth-order valence-corrected chi connectivity index (χ4v) is 6.85. The van der Waals surface area contributed by atoms with Gasteiger partial charge in [-0.2, -0.15) is 0 Å². The van der Waals surface area contributed by atoms with Crippen LogP contribution < -0.4 is 29.1 Å². The zero-order valence-corrected chi connectivity index (χ0v) is 30.2. The number of allylic oxidation sites excluding steroid dienone is 2. The molecule has 10 heteroatoms. The van der Waals surface area contributed by atoms with Crippen LogP contribution in [0.3, 0.4) is 0 Å². The second-order valence-corrected chi connectivity index (χ2v) is 13.3. The molecule has 1 aromatic heterocycles. The summed E-state index contributed by atoms with van der Waals surface area (Å²) < 4.78 is 27.0. The molecule has 0 saturated heterocycles. The Bertz CT molecular complexity index is 2030. The Morgan fingerprint density at radius 1 is 1.06 bits per heavy atom. The number of esters is 1. The maximum absolute atomic E-state index is 14.3. The molecule has 5 rings (SSSR count). The van der Waals surface area contributed by atoms with Crippen LogP contribution in [0.2, 0.25) is 0 Å². The lowest BCUT2D eigenvalue weighted by molar-refractivity contribution is -0.139. The van der Waals surface area contributed by atoms with E-state index in [0.29, 0.717) is 63.1 Å². The molecule has 250 valence electrons. The van der Waals surface area contributed by atoms with E-state index in [1.54, 1.807) is 18.4 Å². The van der Waals surface area contributed by atoms with Crippen LogP contribution in [0, 0.1) is 0 Å².